The number of nitrogens with one attached hydrogen (secondary N) is 1. The maximum Gasteiger partial charge on any atom is 0.240 e. The molecule has 0 amide bonds. The van der Waals surface area contributed by atoms with Crippen LogP contribution >= 0.6 is 15.9 Å². The van der Waals surface area contributed by atoms with Gasteiger partial charge in [-0.2, -0.15) is 4.98 Å². The summed E-state index contributed by atoms with van der Waals surface area (Å²) in [7, 11) is 1.65. The van der Waals surface area contributed by atoms with E-state index in [0.29, 0.717) is 18.3 Å². The number of hydrogen-bond acceptors (Lipinski definition) is 5. The average molecular weight is 388 g/mol. The lowest BCUT2D eigenvalue weighted by atomic mass is 10.1. The first kappa shape index (κ1) is 16.7. The van der Waals surface area contributed by atoms with Crippen LogP contribution in [0.1, 0.15) is 24.4 Å². The fraction of sp³-hybridized carbons (Fsp3) is 0.222. The van der Waals surface area contributed by atoms with Crippen molar-refractivity contribution in [2.45, 2.75) is 19.5 Å². The Morgan fingerprint density at radius 1 is 1.21 bits per heavy atom. The van der Waals surface area contributed by atoms with Crippen molar-refractivity contribution in [3.05, 3.63) is 64.5 Å². The number of nitrogens with zero attached hydrogens (tertiary/aromatic N) is 2. The molecule has 0 radical (unpaired) electrons. The Balaban J connectivity index is 1.63. The molecule has 0 fully saturated rings. The van der Waals surface area contributed by atoms with Crippen LogP contribution in [-0.4, -0.2) is 17.3 Å². The fourth-order valence-corrected chi connectivity index (χ4v) is 2.90. The van der Waals surface area contributed by atoms with Gasteiger partial charge in [-0.3, -0.25) is 0 Å². The SMILES string of the molecule is COc1ccc([C@@H](C)NCc2nc(-c3ccccc3)no2)cc1Br. The maximum absolute atomic E-state index is 5.31. The first-order valence-electron chi connectivity index (χ1n) is 7.62. The highest BCUT2D eigenvalue weighted by atomic mass is 79.9. The Kier molecular flexibility index (Phi) is 5.27. The van der Waals surface area contributed by atoms with Crippen molar-refractivity contribution >= 4 is 15.9 Å². The number of aromatic nitrogens is 2. The molecule has 0 aliphatic heterocycles. The quantitative estimate of drug-likeness (QED) is 0.680. The van der Waals surface area contributed by atoms with Gasteiger partial charge in [0, 0.05) is 11.6 Å². The molecule has 5 nitrogen and oxygen atoms in total. The topological polar surface area (TPSA) is 60.2 Å². The molecule has 1 aromatic heterocycles. The van der Waals surface area contributed by atoms with Gasteiger partial charge >= 0.3 is 0 Å². The molecule has 0 spiro atoms. The Bertz CT molecular complexity index is 805. The van der Waals surface area contributed by atoms with Gasteiger partial charge in [-0.05, 0) is 40.5 Å². The molecule has 0 aliphatic rings. The first-order chi connectivity index (χ1) is 11.7. The molecule has 1 N–H and O–H groups in total. The molecule has 3 rings (SSSR count). The Morgan fingerprint density at radius 3 is 2.71 bits per heavy atom. The van der Waals surface area contributed by atoms with Gasteiger partial charge in [-0.15, -0.1) is 0 Å². The summed E-state index contributed by atoms with van der Waals surface area (Å²) in [5.41, 5.74) is 2.09. The van der Waals surface area contributed by atoms with E-state index in [1.807, 2.05) is 48.5 Å². The summed E-state index contributed by atoms with van der Waals surface area (Å²) < 4.78 is 11.5. The van der Waals surface area contributed by atoms with E-state index in [9.17, 15) is 0 Å². The molecular weight excluding hydrogens is 370 g/mol. The van der Waals surface area contributed by atoms with E-state index in [1.165, 1.54) is 0 Å². The van der Waals surface area contributed by atoms with Gasteiger partial charge in [0.1, 0.15) is 5.75 Å². The zero-order valence-corrected chi connectivity index (χ0v) is 15.1. The number of benzene rings is 2. The van der Waals surface area contributed by atoms with E-state index < -0.39 is 0 Å². The molecule has 0 aliphatic carbocycles. The molecule has 1 heterocycles. The Morgan fingerprint density at radius 2 is 2.00 bits per heavy atom. The fourth-order valence-electron chi connectivity index (χ4n) is 2.34. The molecule has 6 heteroatoms. The van der Waals surface area contributed by atoms with Crippen molar-refractivity contribution < 1.29 is 9.26 Å². The second-order valence-corrected chi connectivity index (χ2v) is 6.23. The minimum absolute atomic E-state index is 0.138. The molecule has 124 valence electrons. The largest absolute Gasteiger partial charge is 0.496 e. The Labute approximate surface area is 149 Å². The second-order valence-electron chi connectivity index (χ2n) is 5.37. The van der Waals surface area contributed by atoms with E-state index in [1.54, 1.807) is 7.11 Å². The highest BCUT2D eigenvalue weighted by molar-refractivity contribution is 9.10. The summed E-state index contributed by atoms with van der Waals surface area (Å²) in [5, 5.41) is 7.41. The Hall–Kier alpha value is -2.18. The van der Waals surface area contributed by atoms with Crippen LogP contribution in [-0.2, 0) is 6.54 Å². The van der Waals surface area contributed by atoms with Crippen LogP contribution in [0.4, 0.5) is 0 Å². The smallest absolute Gasteiger partial charge is 0.240 e. The van der Waals surface area contributed by atoms with Crippen molar-refractivity contribution in [1.29, 1.82) is 0 Å². The van der Waals surface area contributed by atoms with Crippen molar-refractivity contribution in [2.24, 2.45) is 0 Å². The monoisotopic (exact) mass is 387 g/mol. The molecule has 0 saturated heterocycles. The number of hydrogen-bond donors (Lipinski definition) is 1. The van der Waals surface area contributed by atoms with Gasteiger partial charge in [-0.1, -0.05) is 41.6 Å². The molecule has 0 saturated carbocycles. The van der Waals surface area contributed by atoms with Gasteiger partial charge in [0.2, 0.25) is 11.7 Å². The zero-order valence-electron chi connectivity index (χ0n) is 13.5. The lowest BCUT2D eigenvalue weighted by molar-refractivity contribution is 0.360. The second kappa shape index (κ2) is 7.59. The van der Waals surface area contributed by atoms with Crippen LogP contribution in [0.2, 0.25) is 0 Å². The van der Waals surface area contributed by atoms with Crippen molar-refractivity contribution in [1.82, 2.24) is 15.5 Å². The summed E-state index contributed by atoms with van der Waals surface area (Å²) in [6.45, 7) is 2.59. The third-order valence-electron chi connectivity index (χ3n) is 3.74. The normalized spacial score (nSPS) is 12.1. The minimum atomic E-state index is 0.138. The molecular formula is C18H18BrN3O2. The van der Waals surface area contributed by atoms with Gasteiger partial charge in [-0.25, -0.2) is 0 Å². The van der Waals surface area contributed by atoms with Crippen LogP contribution in [0.3, 0.4) is 0 Å². The molecule has 3 aromatic rings. The van der Waals surface area contributed by atoms with E-state index in [-0.39, 0.29) is 6.04 Å². The van der Waals surface area contributed by atoms with E-state index >= 15 is 0 Å². The summed E-state index contributed by atoms with van der Waals surface area (Å²) in [5.74, 6) is 1.98. The van der Waals surface area contributed by atoms with Crippen molar-refractivity contribution in [2.75, 3.05) is 7.11 Å². The lowest BCUT2D eigenvalue weighted by Gasteiger charge is -2.14. The number of methoxy groups -OCH3 is 1. The van der Waals surface area contributed by atoms with Gasteiger partial charge in [0.15, 0.2) is 0 Å². The third-order valence-corrected chi connectivity index (χ3v) is 4.36. The summed E-state index contributed by atoms with van der Waals surface area (Å²) in [6.07, 6.45) is 0. The van der Waals surface area contributed by atoms with Gasteiger partial charge < -0.3 is 14.6 Å². The van der Waals surface area contributed by atoms with Crippen molar-refractivity contribution in [3.8, 4) is 17.1 Å². The molecule has 0 unspecified atom stereocenters. The van der Waals surface area contributed by atoms with Crippen LogP contribution in [0.15, 0.2) is 57.5 Å². The number of rotatable bonds is 6. The standard InChI is InChI=1S/C18H18BrN3O2/c1-12(14-8-9-16(23-2)15(19)10-14)20-11-17-21-18(22-24-17)13-6-4-3-5-7-13/h3-10,12,20H,11H2,1-2H3/t12-/m1/s1. The van der Waals surface area contributed by atoms with E-state index in [0.717, 1.165) is 21.3 Å². The molecule has 24 heavy (non-hydrogen) atoms. The predicted octanol–water partition coefficient (Wildman–Crippen LogP) is 4.36. The molecule has 2 aromatic carbocycles. The van der Waals surface area contributed by atoms with Gasteiger partial charge in [0.05, 0.1) is 18.1 Å². The molecule has 1 atom stereocenters. The number of ether oxygens (including phenoxy) is 1. The average Bonchev–Trinajstić information content (AvgIpc) is 3.09. The van der Waals surface area contributed by atoms with Crippen molar-refractivity contribution in [3.63, 3.8) is 0 Å². The highest BCUT2D eigenvalue weighted by Gasteiger charge is 2.12. The first-order valence-corrected chi connectivity index (χ1v) is 8.41. The zero-order chi connectivity index (χ0) is 16.9. The van der Waals surface area contributed by atoms with Gasteiger partial charge in [0.25, 0.3) is 0 Å². The molecule has 0 bridgehead atoms. The van der Waals surface area contributed by atoms with E-state index in [2.05, 4.69) is 38.3 Å². The predicted molar refractivity (Wildman–Crippen MR) is 95.7 cm³/mol. The van der Waals surface area contributed by atoms with E-state index in [4.69, 9.17) is 9.26 Å². The van der Waals surface area contributed by atoms with Crippen LogP contribution < -0.4 is 10.1 Å². The summed E-state index contributed by atoms with van der Waals surface area (Å²) in [6, 6.07) is 15.9. The maximum atomic E-state index is 5.31. The van der Waals surface area contributed by atoms with Crippen LogP contribution in [0.5, 0.6) is 5.75 Å². The summed E-state index contributed by atoms with van der Waals surface area (Å²) >= 11 is 3.51. The summed E-state index contributed by atoms with van der Waals surface area (Å²) in [4.78, 5) is 4.42. The lowest BCUT2D eigenvalue weighted by Crippen LogP contribution is -2.18. The van der Waals surface area contributed by atoms with Crippen LogP contribution in [0.25, 0.3) is 11.4 Å². The third kappa shape index (κ3) is 3.83. The van der Waals surface area contributed by atoms with Crippen LogP contribution in [0, 0.1) is 0 Å². The minimum Gasteiger partial charge on any atom is -0.496 e. The number of halogens is 1. The highest BCUT2D eigenvalue weighted by Crippen LogP contribution is 2.28.